The van der Waals surface area contributed by atoms with E-state index in [-0.39, 0.29) is 34.3 Å². The number of nitro groups is 1. The number of benzene rings is 3. The lowest BCUT2D eigenvalue weighted by molar-refractivity contribution is -0.384. The van der Waals surface area contributed by atoms with Crippen molar-refractivity contribution in [2.75, 3.05) is 33.3 Å². The van der Waals surface area contributed by atoms with Gasteiger partial charge in [0.15, 0.2) is 0 Å². The van der Waals surface area contributed by atoms with Crippen LogP contribution < -0.4 is 9.46 Å². The van der Waals surface area contributed by atoms with Gasteiger partial charge in [0, 0.05) is 54.5 Å². The van der Waals surface area contributed by atoms with Crippen molar-refractivity contribution in [2.24, 2.45) is 5.92 Å². The van der Waals surface area contributed by atoms with Crippen LogP contribution in [0.15, 0.2) is 53.1 Å². The normalized spacial score (nSPS) is 21.5. The summed E-state index contributed by atoms with van der Waals surface area (Å²) in [5.74, 6) is -0.569. The Morgan fingerprint density at radius 2 is 1.76 bits per heavy atom. The smallest absolute Gasteiger partial charge is 0.317 e. The number of nitro benzene ring substituents is 1. The van der Waals surface area contributed by atoms with E-state index in [4.69, 9.17) is 42.3 Å². The predicted molar refractivity (Wildman–Crippen MR) is 220 cm³/mol. The number of methoxy groups -OCH3 is 1. The zero-order valence-corrected chi connectivity index (χ0v) is 34.6. The van der Waals surface area contributed by atoms with Gasteiger partial charge in [-0.15, -0.1) is 0 Å². The Hall–Kier alpha value is -4.71. The van der Waals surface area contributed by atoms with Gasteiger partial charge in [0.05, 0.1) is 56.3 Å². The Morgan fingerprint density at radius 1 is 1.05 bits per heavy atom. The molecule has 0 unspecified atom stereocenters. The third kappa shape index (κ3) is 7.12. The van der Waals surface area contributed by atoms with Gasteiger partial charge in [0.1, 0.15) is 11.2 Å². The molecule has 1 amide bonds. The van der Waals surface area contributed by atoms with Crippen molar-refractivity contribution in [2.45, 2.75) is 68.9 Å². The molecule has 0 spiro atoms. The number of aliphatic hydroxyl groups is 1. The number of hydrogen-bond acceptors (Lipinski definition) is 13. The minimum Gasteiger partial charge on any atom is -0.480 e. The van der Waals surface area contributed by atoms with Gasteiger partial charge in [-0.25, -0.2) is 18.4 Å². The second-order valence-electron chi connectivity index (χ2n) is 16.1. The summed E-state index contributed by atoms with van der Waals surface area (Å²) < 4.78 is 38.7. The van der Waals surface area contributed by atoms with Gasteiger partial charge in [-0.2, -0.15) is 0 Å². The van der Waals surface area contributed by atoms with Gasteiger partial charge in [-0.1, -0.05) is 53.5 Å². The van der Waals surface area contributed by atoms with Crippen LogP contribution in [0.4, 0.5) is 5.69 Å². The summed E-state index contributed by atoms with van der Waals surface area (Å²) in [5, 5.41) is 23.3. The fourth-order valence-corrected chi connectivity index (χ4v) is 10.6. The molecule has 4 aliphatic rings. The maximum atomic E-state index is 13.1. The Labute approximate surface area is 349 Å². The molecule has 5 aromatic rings. The number of nitrogens with zero attached hydrogens (tertiary/aromatic N) is 6. The molecule has 3 aromatic carbocycles. The SMILES string of the molecule is COc1nc(-c2cccc(-c3cccc(-c4nc5cc6c(c([N+](=O)[O-])c5o4)CC[C@H]6N4CC[C@@H](C(=O)NS(=O)(=O)C5(C)CC5)C4)c3Cl)c2Cl)cnc1CN1CC[C@@H](O)C1. The largest absolute Gasteiger partial charge is 0.480 e. The van der Waals surface area contributed by atoms with Crippen molar-refractivity contribution in [3.8, 4) is 39.7 Å². The number of hydrogen-bond donors (Lipinski definition) is 2. The topological polar surface area (TPSA) is 194 Å². The van der Waals surface area contributed by atoms with Crippen LogP contribution in [0, 0.1) is 16.0 Å². The van der Waals surface area contributed by atoms with Crippen molar-refractivity contribution < 1.29 is 32.4 Å². The van der Waals surface area contributed by atoms with Crippen LogP contribution in [0.25, 0.3) is 44.9 Å². The van der Waals surface area contributed by atoms with Crippen molar-refractivity contribution in [3.63, 3.8) is 0 Å². The molecule has 308 valence electrons. The summed E-state index contributed by atoms with van der Waals surface area (Å²) in [7, 11) is -2.23. The van der Waals surface area contributed by atoms with E-state index in [1.54, 1.807) is 25.3 Å². The maximum Gasteiger partial charge on any atom is 0.317 e. The van der Waals surface area contributed by atoms with Crippen LogP contribution in [-0.4, -0.2) is 93.2 Å². The van der Waals surface area contributed by atoms with Crippen LogP contribution in [-0.2, 0) is 27.8 Å². The Bertz CT molecular complexity index is 2650. The molecule has 2 aliphatic heterocycles. The lowest BCUT2D eigenvalue weighted by Crippen LogP contribution is -2.42. The fraction of sp³-hybridized carbons (Fsp3) is 0.415. The number of amides is 1. The highest BCUT2D eigenvalue weighted by Gasteiger charge is 2.51. The van der Waals surface area contributed by atoms with Gasteiger partial charge in [-0.3, -0.25) is 34.4 Å². The standard InChI is InChI=1S/C41H41Cl2N7O8S/c1-41(13-14-41)59(55,56)47-38(52)22-11-16-49(19-22)33-10-9-26-29(33)17-30-37(36(26)50(53)54)58-39(45-30)28-8-4-6-25(35(28)43)24-5-3-7-27(34(24)42)31-18-44-32(40(46-31)57-2)21-48-15-12-23(51)20-48/h3-8,17-18,22-23,33,51H,9-16,19-21H2,1-2H3,(H,47,52)/t22-,23-,33-/m1/s1. The number of carbonyl (C=O) groups excluding carboxylic acids is 1. The van der Waals surface area contributed by atoms with Crippen molar-refractivity contribution in [3.05, 3.63) is 85.6 Å². The molecule has 0 bridgehead atoms. The van der Waals surface area contributed by atoms with Crippen LogP contribution in [0.2, 0.25) is 10.0 Å². The number of fused-ring (bicyclic) bond motifs is 2. The number of nitrogens with one attached hydrogen (secondary N) is 1. The highest BCUT2D eigenvalue weighted by atomic mass is 35.5. The van der Waals surface area contributed by atoms with Gasteiger partial charge in [0.25, 0.3) is 0 Å². The highest BCUT2D eigenvalue weighted by molar-refractivity contribution is 7.91. The van der Waals surface area contributed by atoms with E-state index in [0.717, 1.165) is 12.1 Å². The molecule has 2 aliphatic carbocycles. The first-order chi connectivity index (χ1) is 28.2. The van der Waals surface area contributed by atoms with Crippen molar-refractivity contribution >= 4 is 55.9 Å². The Balaban J connectivity index is 1.000. The molecule has 18 heteroatoms. The maximum absolute atomic E-state index is 13.1. The second-order valence-corrected chi connectivity index (χ2v) is 19.0. The third-order valence-corrected chi connectivity index (χ3v) is 15.3. The average molecular weight is 863 g/mol. The fourth-order valence-electron chi connectivity index (χ4n) is 8.67. The summed E-state index contributed by atoms with van der Waals surface area (Å²) in [6.45, 7) is 4.31. The van der Waals surface area contributed by atoms with E-state index < -0.39 is 31.5 Å². The number of likely N-dealkylation sites (tertiary alicyclic amines) is 2. The first-order valence-electron chi connectivity index (χ1n) is 19.5. The molecule has 3 atom stereocenters. The summed E-state index contributed by atoms with van der Waals surface area (Å²) >= 11 is 14.2. The minimum absolute atomic E-state index is 0.0419. The molecular weight excluding hydrogens is 821 g/mol. The molecule has 2 N–H and O–H groups in total. The van der Waals surface area contributed by atoms with Gasteiger partial charge in [-0.05, 0) is 69.7 Å². The Kier molecular flexibility index (Phi) is 10.2. The van der Waals surface area contributed by atoms with Crippen LogP contribution in [0.3, 0.4) is 0 Å². The zero-order chi connectivity index (χ0) is 41.4. The molecule has 15 nitrogen and oxygen atoms in total. The van der Waals surface area contributed by atoms with Crippen LogP contribution >= 0.6 is 23.2 Å². The van der Waals surface area contributed by atoms with Gasteiger partial charge in [0.2, 0.25) is 33.3 Å². The predicted octanol–water partition coefficient (Wildman–Crippen LogP) is 6.72. The average Bonchev–Trinajstić information content (AvgIpc) is 3.66. The molecule has 3 fully saturated rings. The molecule has 4 heterocycles. The molecular formula is C41H41Cl2N7O8S. The first kappa shape index (κ1) is 39.7. The minimum atomic E-state index is -3.76. The van der Waals surface area contributed by atoms with Crippen LogP contribution in [0.1, 0.15) is 61.9 Å². The van der Waals surface area contributed by atoms with E-state index in [0.29, 0.717) is 120 Å². The van der Waals surface area contributed by atoms with Crippen molar-refractivity contribution in [1.29, 1.82) is 0 Å². The Morgan fingerprint density at radius 3 is 2.44 bits per heavy atom. The van der Waals surface area contributed by atoms with E-state index in [1.165, 1.54) is 7.11 Å². The highest BCUT2D eigenvalue weighted by Crippen LogP contribution is 2.48. The number of β-amino-alcohol motifs (C(OH)–C–C–N with tert-alkyl or cyclic N) is 1. The van der Waals surface area contributed by atoms with Crippen molar-refractivity contribution in [1.82, 2.24) is 29.5 Å². The molecule has 2 saturated heterocycles. The zero-order valence-electron chi connectivity index (χ0n) is 32.3. The number of aromatic nitrogens is 3. The summed E-state index contributed by atoms with van der Waals surface area (Å²) in [6.07, 6.45) is 4.53. The molecule has 59 heavy (non-hydrogen) atoms. The molecule has 1 saturated carbocycles. The lowest BCUT2D eigenvalue weighted by atomic mass is 9.99. The van der Waals surface area contributed by atoms with E-state index in [2.05, 4.69) is 19.5 Å². The number of ether oxygens (including phenoxy) is 1. The number of carbonyl (C=O) groups is 1. The van der Waals surface area contributed by atoms with Gasteiger partial charge >= 0.3 is 5.69 Å². The van der Waals surface area contributed by atoms with Crippen LogP contribution in [0.5, 0.6) is 5.88 Å². The lowest BCUT2D eigenvalue weighted by Gasteiger charge is -2.24. The summed E-state index contributed by atoms with van der Waals surface area (Å²) in [5.41, 5.74) is 4.82. The van der Waals surface area contributed by atoms with Gasteiger partial charge < -0.3 is 14.3 Å². The second kappa shape index (κ2) is 15.1. The molecule has 9 rings (SSSR count). The number of rotatable bonds is 11. The number of aliphatic hydroxyl groups excluding tert-OH is 1. The first-order valence-corrected chi connectivity index (χ1v) is 21.8. The van der Waals surface area contributed by atoms with E-state index in [1.807, 2.05) is 30.3 Å². The quantitative estimate of drug-likeness (QED) is 0.105. The molecule has 2 aromatic heterocycles. The van der Waals surface area contributed by atoms with E-state index >= 15 is 0 Å². The summed E-state index contributed by atoms with van der Waals surface area (Å²) in [6, 6.07) is 12.4. The monoisotopic (exact) mass is 861 g/mol. The van der Waals surface area contributed by atoms with E-state index in [9.17, 15) is 28.4 Å². The third-order valence-electron chi connectivity index (χ3n) is 12.3. The number of sulfonamides is 1. The summed E-state index contributed by atoms with van der Waals surface area (Å²) in [4.78, 5) is 43.6. The number of oxazole rings is 1. The molecule has 0 radical (unpaired) electrons. The number of halogens is 2.